The molecule has 0 unspecified atom stereocenters. The zero-order chi connectivity index (χ0) is 13.0. The van der Waals surface area contributed by atoms with E-state index in [-0.39, 0.29) is 18.0 Å². The van der Waals surface area contributed by atoms with E-state index in [2.05, 4.69) is 12.0 Å². The van der Waals surface area contributed by atoms with Crippen LogP contribution in [0.15, 0.2) is 0 Å². The van der Waals surface area contributed by atoms with Crippen LogP contribution >= 0.6 is 0 Å². The lowest BCUT2D eigenvalue weighted by Gasteiger charge is -2.27. The summed E-state index contributed by atoms with van der Waals surface area (Å²) in [5.41, 5.74) is 0. The number of hydrogen-bond donors (Lipinski definition) is 0. The minimum Gasteiger partial charge on any atom is -0.313 e. The zero-order valence-electron chi connectivity index (χ0n) is 10.8. The molecule has 2 fully saturated rings. The van der Waals surface area contributed by atoms with Crippen molar-refractivity contribution in [2.75, 3.05) is 0 Å². The lowest BCUT2D eigenvalue weighted by Crippen LogP contribution is -2.40. The van der Waals surface area contributed by atoms with Gasteiger partial charge in [0.15, 0.2) is 0 Å². The first-order chi connectivity index (χ1) is 8.76. The summed E-state index contributed by atoms with van der Waals surface area (Å²) < 4.78 is 0. The van der Waals surface area contributed by atoms with Gasteiger partial charge in [-0.2, -0.15) is 5.26 Å². The number of rotatable bonds is 2. The minimum absolute atomic E-state index is 0.0916. The fraction of sp³-hybridized carbons (Fsp3) is 0.733. The van der Waals surface area contributed by atoms with Crippen molar-refractivity contribution in [3.8, 4) is 18.4 Å². The normalized spacial score (nSPS) is 28.7. The van der Waals surface area contributed by atoms with E-state index < -0.39 is 0 Å². The van der Waals surface area contributed by atoms with Gasteiger partial charge in [-0.3, -0.25) is 4.79 Å². The lowest BCUT2D eigenvalue weighted by atomic mass is 9.86. The zero-order valence-corrected chi connectivity index (χ0v) is 10.8. The van der Waals surface area contributed by atoms with Gasteiger partial charge in [-0.1, -0.05) is 25.2 Å². The molecule has 0 bridgehead atoms. The van der Waals surface area contributed by atoms with Crippen LogP contribution in [0.5, 0.6) is 0 Å². The van der Waals surface area contributed by atoms with Crippen molar-refractivity contribution in [3.63, 3.8) is 0 Å². The van der Waals surface area contributed by atoms with E-state index in [9.17, 15) is 4.79 Å². The highest BCUT2D eigenvalue weighted by molar-refractivity contribution is 5.78. The Balaban J connectivity index is 1.98. The van der Waals surface area contributed by atoms with Crippen LogP contribution in [0.25, 0.3) is 0 Å². The van der Waals surface area contributed by atoms with Crippen molar-refractivity contribution in [1.29, 1.82) is 5.26 Å². The average molecular weight is 244 g/mol. The minimum atomic E-state index is -0.304. The molecule has 2 rings (SSSR count). The average Bonchev–Trinajstić information content (AvgIpc) is 2.82. The Kier molecular flexibility index (Phi) is 4.26. The van der Waals surface area contributed by atoms with E-state index in [0.29, 0.717) is 12.3 Å². The van der Waals surface area contributed by atoms with Gasteiger partial charge in [-0.25, -0.2) is 0 Å². The summed E-state index contributed by atoms with van der Waals surface area (Å²) in [6.07, 6.45) is 13.6. The van der Waals surface area contributed by atoms with Crippen molar-refractivity contribution in [2.45, 2.75) is 63.5 Å². The highest BCUT2D eigenvalue weighted by Gasteiger charge is 2.36. The first kappa shape index (κ1) is 13.0. The van der Waals surface area contributed by atoms with Gasteiger partial charge in [0.05, 0.1) is 12.1 Å². The van der Waals surface area contributed by atoms with E-state index in [0.717, 1.165) is 25.7 Å². The number of hydrogen-bond acceptors (Lipinski definition) is 2. The van der Waals surface area contributed by atoms with Crippen molar-refractivity contribution in [2.24, 2.45) is 5.92 Å². The molecule has 1 amide bonds. The molecule has 2 atom stereocenters. The Morgan fingerprint density at radius 3 is 2.44 bits per heavy atom. The maximum Gasteiger partial charge on any atom is 0.224 e. The van der Waals surface area contributed by atoms with Crippen LogP contribution in [0.3, 0.4) is 0 Å². The second-order valence-electron chi connectivity index (χ2n) is 5.41. The maximum atomic E-state index is 12.3. The summed E-state index contributed by atoms with van der Waals surface area (Å²) in [7, 11) is 0. The molecule has 96 valence electrons. The van der Waals surface area contributed by atoms with Crippen LogP contribution < -0.4 is 0 Å². The van der Waals surface area contributed by atoms with Gasteiger partial charge in [0.25, 0.3) is 0 Å². The van der Waals surface area contributed by atoms with Crippen molar-refractivity contribution < 1.29 is 4.79 Å². The van der Waals surface area contributed by atoms with Crippen molar-refractivity contribution in [1.82, 2.24) is 4.90 Å². The molecule has 1 aliphatic carbocycles. The first-order valence-corrected chi connectivity index (χ1v) is 6.93. The quantitative estimate of drug-likeness (QED) is 0.700. The maximum absolute atomic E-state index is 12.3. The van der Waals surface area contributed by atoms with E-state index >= 15 is 0 Å². The number of carbonyl (C=O) groups excluding carboxylic acids is 1. The monoisotopic (exact) mass is 244 g/mol. The highest BCUT2D eigenvalue weighted by Crippen LogP contribution is 2.30. The Morgan fingerprint density at radius 2 is 1.83 bits per heavy atom. The van der Waals surface area contributed by atoms with Gasteiger partial charge >= 0.3 is 0 Å². The Morgan fingerprint density at radius 1 is 1.17 bits per heavy atom. The van der Waals surface area contributed by atoms with Gasteiger partial charge in [-0.15, -0.1) is 6.42 Å². The van der Waals surface area contributed by atoms with Gasteiger partial charge in [0, 0.05) is 6.42 Å². The van der Waals surface area contributed by atoms with Crippen molar-refractivity contribution in [3.05, 3.63) is 0 Å². The topological polar surface area (TPSA) is 44.1 Å². The van der Waals surface area contributed by atoms with E-state index in [1.807, 2.05) is 0 Å². The summed E-state index contributed by atoms with van der Waals surface area (Å²) in [4.78, 5) is 14.0. The molecular weight excluding hydrogens is 224 g/mol. The molecule has 1 saturated heterocycles. The largest absolute Gasteiger partial charge is 0.313 e. The molecule has 0 aromatic carbocycles. The smallest absolute Gasteiger partial charge is 0.224 e. The molecule has 3 heteroatoms. The van der Waals surface area contributed by atoms with Crippen LogP contribution in [-0.4, -0.2) is 22.9 Å². The molecule has 0 spiro atoms. The van der Waals surface area contributed by atoms with E-state index in [1.165, 1.54) is 19.3 Å². The summed E-state index contributed by atoms with van der Waals surface area (Å²) in [6, 6.07) is 1.74. The summed E-state index contributed by atoms with van der Waals surface area (Å²) in [5.74, 6) is 3.25. The number of likely N-dealkylation sites (tertiary alicyclic amines) is 1. The van der Waals surface area contributed by atoms with Crippen LogP contribution in [0.2, 0.25) is 0 Å². The van der Waals surface area contributed by atoms with Gasteiger partial charge in [-0.05, 0) is 31.6 Å². The van der Waals surface area contributed by atoms with Crippen molar-refractivity contribution >= 4 is 5.91 Å². The second-order valence-corrected chi connectivity index (χ2v) is 5.41. The van der Waals surface area contributed by atoms with E-state index in [1.54, 1.807) is 4.90 Å². The summed E-state index contributed by atoms with van der Waals surface area (Å²) >= 11 is 0. The number of nitrogens with zero attached hydrogens (tertiary/aromatic N) is 2. The van der Waals surface area contributed by atoms with Gasteiger partial charge < -0.3 is 4.90 Å². The third-order valence-electron chi connectivity index (χ3n) is 4.20. The number of terminal acetylenes is 1. The molecule has 1 heterocycles. The first-order valence-electron chi connectivity index (χ1n) is 6.93. The molecule has 0 aromatic rings. The third-order valence-corrected chi connectivity index (χ3v) is 4.20. The van der Waals surface area contributed by atoms with Gasteiger partial charge in [0.2, 0.25) is 5.91 Å². The number of amides is 1. The summed E-state index contributed by atoms with van der Waals surface area (Å²) in [5, 5.41) is 9.09. The summed E-state index contributed by atoms with van der Waals surface area (Å²) in [6.45, 7) is 0. The molecule has 18 heavy (non-hydrogen) atoms. The third kappa shape index (κ3) is 2.67. The Hall–Kier alpha value is -1.48. The van der Waals surface area contributed by atoms with Crippen LogP contribution in [0, 0.1) is 29.6 Å². The molecule has 1 aliphatic heterocycles. The number of nitriles is 1. The van der Waals surface area contributed by atoms with E-state index in [4.69, 9.17) is 11.7 Å². The molecule has 0 N–H and O–H groups in total. The van der Waals surface area contributed by atoms with Gasteiger partial charge in [0.1, 0.15) is 6.04 Å². The molecule has 1 saturated carbocycles. The lowest BCUT2D eigenvalue weighted by molar-refractivity contribution is -0.133. The molecule has 0 aromatic heterocycles. The second kappa shape index (κ2) is 5.91. The predicted octanol–water partition coefficient (Wildman–Crippen LogP) is 2.47. The Labute approximate surface area is 109 Å². The van der Waals surface area contributed by atoms with Crippen LogP contribution in [-0.2, 0) is 4.79 Å². The fourth-order valence-electron chi connectivity index (χ4n) is 3.19. The molecule has 2 aliphatic rings. The molecular formula is C15H20N2O. The highest BCUT2D eigenvalue weighted by atomic mass is 16.2. The Bertz CT molecular complexity index is 362. The van der Waals surface area contributed by atoms with Crippen LogP contribution in [0.1, 0.15) is 51.4 Å². The molecule has 0 radical (unpaired) electrons. The number of carbonyl (C=O) groups is 1. The molecule has 3 nitrogen and oxygen atoms in total. The fourth-order valence-corrected chi connectivity index (χ4v) is 3.19. The standard InChI is InChI=1S/C15H20N2O/c1-2-13-8-9-14(11-16)17(13)15(18)10-12-6-4-3-5-7-12/h1,12-14H,3-10H2/t13-,14-/m0/s1. The van der Waals surface area contributed by atoms with Crippen LogP contribution in [0.4, 0.5) is 0 Å². The predicted molar refractivity (Wildman–Crippen MR) is 69.3 cm³/mol. The SMILES string of the molecule is C#C[C@H]1CC[C@@H](C#N)N1C(=O)CC1CCCCC1.